The molecule has 1 amide bonds. The van der Waals surface area contributed by atoms with Gasteiger partial charge in [0.05, 0.1) is 23.5 Å². The number of benzene rings is 3. The average molecular weight is 446 g/mol. The number of unbranched alkanes of at least 4 members (excludes halogenated alkanes) is 1. The van der Waals surface area contributed by atoms with Crippen molar-refractivity contribution in [3.8, 4) is 0 Å². The van der Waals surface area contributed by atoms with E-state index in [0.717, 1.165) is 47.4 Å². The van der Waals surface area contributed by atoms with Gasteiger partial charge in [-0.15, -0.1) is 0 Å². The molecule has 1 N–H and O–H groups in total. The maximum Gasteiger partial charge on any atom is 0.225 e. The number of hydrogen-bond donors (Lipinski definition) is 1. The molecule has 0 aliphatic rings. The molecule has 0 bridgehead atoms. The van der Waals surface area contributed by atoms with E-state index in [9.17, 15) is 4.79 Å². The zero-order valence-corrected chi connectivity index (χ0v) is 19.1. The van der Waals surface area contributed by atoms with Crippen LogP contribution < -0.4 is 5.32 Å². The van der Waals surface area contributed by atoms with E-state index in [0.29, 0.717) is 17.9 Å². The molecule has 0 aliphatic heterocycles. The molecule has 5 heteroatoms. The van der Waals surface area contributed by atoms with Crippen molar-refractivity contribution in [2.24, 2.45) is 0 Å². The first-order valence-corrected chi connectivity index (χ1v) is 11.5. The zero-order valence-electron chi connectivity index (χ0n) is 18.3. The molecule has 1 unspecified atom stereocenters. The van der Waals surface area contributed by atoms with Gasteiger partial charge in [-0.3, -0.25) is 4.79 Å². The van der Waals surface area contributed by atoms with Crippen LogP contribution in [0, 0.1) is 0 Å². The van der Waals surface area contributed by atoms with E-state index < -0.39 is 0 Å². The van der Waals surface area contributed by atoms with Crippen LogP contribution in [-0.2, 0) is 24.2 Å². The van der Waals surface area contributed by atoms with E-state index in [1.807, 2.05) is 66.7 Å². The van der Waals surface area contributed by atoms with Crippen molar-refractivity contribution in [2.45, 2.75) is 45.2 Å². The van der Waals surface area contributed by atoms with Crippen molar-refractivity contribution < 1.29 is 4.79 Å². The second kappa shape index (κ2) is 10.5. The Morgan fingerprint density at radius 2 is 1.69 bits per heavy atom. The van der Waals surface area contributed by atoms with E-state index in [-0.39, 0.29) is 11.9 Å². The first kappa shape index (κ1) is 22.1. The molecule has 1 atom stereocenters. The number of rotatable bonds is 9. The quantitative estimate of drug-likeness (QED) is 0.336. The van der Waals surface area contributed by atoms with Crippen LogP contribution in [0.3, 0.4) is 0 Å². The minimum absolute atomic E-state index is 0.00994. The number of nitrogens with one attached hydrogen (secondary N) is 1. The normalized spacial score (nSPS) is 12.1. The molecular weight excluding hydrogens is 418 g/mol. The van der Waals surface area contributed by atoms with Gasteiger partial charge in [-0.25, -0.2) is 4.98 Å². The van der Waals surface area contributed by atoms with Gasteiger partial charge in [-0.1, -0.05) is 85.6 Å². The number of carbonyl (C=O) groups is 1. The highest BCUT2D eigenvalue weighted by atomic mass is 35.5. The summed E-state index contributed by atoms with van der Waals surface area (Å²) >= 11 is 6.25. The van der Waals surface area contributed by atoms with Crippen LogP contribution in [0.4, 0.5) is 0 Å². The molecule has 0 saturated carbocycles. The lowest BCUT2D eigenvalue weighted by molar-refractivity contribution is -0.121. The maximum atomic E-state index is 13.0. The number of nitrogens with zero attached hydrogens (tertiary/aromatic N) is 2. The minimum Gasteiger partial charge on any atom is -0.346 e. The van der Waals surface area contributed by atoms with Crippen LogP contribution in [0.5, 0.6) is 0 Å². The third kappa shape index (κ3) is 5.38. The number of halogens is 1. The van der Waals surface area contributed by atoms with Gasteiger partial charge in [0.1, 0.15) is 5.82 Å². The largest absolute Gasteiger partial charge is 0.346 e. The molecule has 0 aliphatic carbocycles. The summed E-state index contributed by atoms with van der Waals surface area (Å²) in [4.78, 5) is 18.0. The molecule has 164 valence electrons. The fourth-order valence-corrected chi connectivity index (χ4v) is 4.19. The van der Waals surface area contributed by atoms with Crippen LogP contribution in [0.25, 0.3) is 11.0 Å². The topological polar surface area (TPSA) is 46.9 Å². The standard InChI is InChI=1S/C27H28ClN3O/c1-2-3-16-31-25-15-14-22(28)19-23(25)30-27(31)24(17-20-10-6-4-7-11-20)29-26(32)18-21-12-8-5-9-13-21/h4-15,19,24H,2-3,16-18H2,1H3,(H,29,32). The first-order chi connectivity index (χ1) is 15.6. The smallest absolute Gasteiger partial charge is 0.225 e. The lowest BCUT2D eigenvalue weighted by atomic mass is 10.0. The summed E-state index contributed by atoms with van der Waals surface area (Å²) in [6.07, 6.45) is 3.13. The Kier molecular flexibility index (Phi) is 7.23. The lowest BCUT2D eigenvalue weighted by Gasteiger charge is -2.20. The Hall–Kier alpha value is -3.11. The number of imidazole rings is 1. The van der Waals surface area contributed by atoms with Crippen LogP contribution in [-0.4, -0.2) is 15.5 Å². The Morgan fingerprint density at radius 3 is 2.38 bits per heavy atom. The van der Waals surface area contributed by atoms with E-state index >= 15 is 0 Å². The predicted octanol–water partition coefficient (Wildman–Crippen LogP) is 6.13. The van der Waals surface area contributed by atoms with E-state index in [2.05, 4.69) is 28.9 Å². The van der Waals surface area contributed by atoms with E-state index in [4.69, 9.17) is 16.6 Å². The van der Waals surface area contributed by atoms with Gasteiger partial charge < -0.3 is 9.88 Å². The number of aromatic nitrogens is 2. The molecule has 0 spiro atoms. The summed E-state index contributed by atoms with van der Waals surface area (Å²) in [5.41, 5.74) is 4.06. The molecule has 4 nitrogen and oxygen atoms in total. The first-order valence-electron chi connectivity index (χ1n) is 11.2. The Balaban J connectivity index is 1.70. The highest BCUT2D eigenvalue weighted by molar-refractivity contribution is 6.31. The van der Waals surface area contributed by atoms with Gasteiger partial charge in [0, 0.05) is 11.6 Å². The Labute approximate surface area is 194 Å². The van der Waals surface area contributed by atoms with E-state index in [1.165, 1.54) is 0 Å². The maximum absolute atomic E-state index is 13.0. The van der Waals surface area contributed by atoms with Crippen molar-refractivity contribution in [3.63, 3.8) is 0 Å². The Bertz CT molecular complexity index is 1170. The fraction of sp³-hybridized carbons (Fsp3) is 0.259. The van der Waals surface area contributed by atoms with Crippen molar-refractivity contribution in [1.29, 1.82) is 0 Å². The van der Waals surface area contributed by atoms with Crippen molar-refractivity contribution >= 4 is 28.5 Å². The second-order valence-corrected chi connectivity index (χ2v) is 8.52. The SMILES string of the molecule is CCCCn1c(C(Cc2ccccc2)NC(=O)Cc2ccccc2)nc2cc(Cl)ccc21. The number of amides is 1. The lowest BCUT2D eigenvalue weighted by Crippen LogP contribution is -2.33. The number of aryl methyl sites for hydroxylation is 1. The van der Waals surface area contributed by atoms with E-state index in [1.54, 1.807) is 0 Å². The van der Waals surface area contributed by atoms with Crippen molar-refractivity contribution in [1.82, 2.24) is 14.9 Å². The van der Waals surface area contributed by atoms with Crippen LogP contribution >= 0.6 is 11.6 Å². The van der Waals surface area contributed by atoms with Gasteiger partial charge >= 0.3 is 0 Å². The summed E-state index contributed by atoms with van der Waals surface area (Å²) < 4.78 is 2.24. The summed E-state index contributed by atoms with van der Waals surface area (Å²) in [5, 5.41) is 3.93. The molecule has 0 fully saturated rings. The highest BCUT2D eigenvalue weighted by Crippen LogP contribution is 2.26. The average Bonchev–Trinajstić information content (AvgIpc) is 3.16. The molecule has 4 rings (SSSR count). The van der Waals surface area contributed by atoms with Crippen molar-refractivity contribution in [3.05, 3.63) is 101 Å². The number of fused-ring (bicyclic) bond motifs is 1. The minimum atomic E-state index is -0.239. The van der Waals surface area contributed by atoms with Crippen LogP contribution in [0.1, 0.15) is 42.8 Å². The highest BCUT2D eigenvalue weighted by Gasteiger charge is 2.23. The number of hydrogen-bond acceptors (Lipinski definition) is 2. The fourth-order valence-electron chi connectivity index (χ4n) is 4.02. The predicted molar refractivity (Wildman–Crippen MR) is 131 cm³/mol. The molecule has 0 radical (unpaired) electrons. The molecule has 32 heavy (non-hydrogen) atoms. The molecular formula is C27H28ClN3O. The third-order valence-corrected chi connectivity index (χ3v) is 5.85. The molecule has 4 aromatic rings. The van der Waals surface area contributed by atoms with Gasteiger partial charge in [0.15, 0.2) is 0 Å². The van der Waals surface area contributed by atoms with Crippen LogP contribution in [0.15, 0.2) is 78.9 Å². The van der Waals surface area contributed by atoms with Gasteiger partial charge in [0.25, 0.3) is 0 Å². The monoisotopic (exact) mass is 445 g/mol. The van der Waals surface area contributed by atoms with Crippen LogP contribution in [0.2, 0.25) is 5.02 Å². The third-order valence-electron chi connectivity index (χ3n) is 5.61. The molecule has 0 saturated heterocycles. The summed E-state index contributed by atoms with van der Waals surface area (Å²) in [6, 6.07) is 25.6. The molecule has 1 aromatic heterocycles. The van der Waals surface area contributed by atoms with Gasteiger partial charge in [-0.2, -0.15) is 0 Å². The number of carbonyl (C=O) groups excluding carboxylic acids is 1. The van der Waals surface area contributed by atoms with Gasteiger partial charge in [0.2, 0.25) is 5.91 Å². The van der Waals surface area contributed by atoms with Crippen molar-refractivity contribution in [2.75, 3.05) is 0 Å². The molecule has 1 heterocycles. The summed E-state index contributed by atoms with van der Waals surface area (Å²) in [5.74, 6) is 0.866. The zero-order chi connectivity index (χ0) is 22.3. The second-order valence-electron chi connectivity index (χ2n) is 8.08. The Morgan fingerprint density at radius 1 is 1.00 bits per heavy atom. The summed E-state index contributed by atoms with van der Waals surface area (Å²) in [6.45, 7) is 3.03. The van der Waals surface area contributed by atoms with Gasteiger partial charge in [-0.05, 0) is 42.2 Å². The molecule has 3 aromatic carbocycles. The summed E-state index contributed by atoms with van der Waals surface area (Å²) in [7, 11) is 0.